The first-order valence-corrected chi connectivity index (χ1v) is 3.39. The van der Waals surface area contributed by atoms with E-state index in [-0.39, 0.29) is 0 Å². The van der Waals surface area contributed by atoms with Crippen LogP contribution in [-0.4, -0.2) is 17.0 Å². The van der Waals surface area contributed by atoms with Gasteiger partial charge in [0, 0.05) is 18.3 Å². The third-order valence-corrected chi connectivity index (χ3v) is 1.64. The average Bonchev–Trinajstić information content (AvgIpc) is 1.94. The van der Waals surface area contributed by atoms with Crippen molar-refractivity contribution in [3.63, 3.8) is 0 Å². The third kappa shape index (κ3) is 1.46. The quantitative estimate of drug-likeness (QED) is 0.467. The second-order valence-corrected chi connectivity index (χ2v) is 2.52. The molecule has 0 unspecified atom stereocenters. The SMILES string of the molecule is Cc1ncnc(N(C)N)c1C. The smallest absolute Gasteiger partial charge is 0.148 e. The number of rotatable bonds is 1. The molecule has 11 heavy (non-hydrogen) atoms. The molecule has 1 rings (SSSR count). The molecule has 60 valence electrons. The summed E-state index contributed by atoms with van der Waals surface area (Å²) in [5, 5.41) is 1.49. The Balaban J connectivity index is 3.17. The zero-order valence-corrected chi connectivity index (χ0v) is 7.00. The summed E-state index contributed by atoms with van der Waals surface area (Å²) in [6.07, 6.45) is 1.51. The number of hydrogen-bond donors (Lipinski definition) is 1. The standard InChI is InChI=1S/C7H12N4/c1-5-6(2)9-4-10-7(5)11(3)8/h4H,8H2,1-3H3. The van der Waals surface area contributed by atoms with E-state index in [0.29, 0.717) is 0 Å². The lowest BCUT2D eigenvalue weighted by molar-refractivity contribution is 0.933. The normalized spacial score (nSPS) is 9.82. The topological polar surface area (TPSA) is 55.0 Å². The monoisotopic (exact) mass is 152 g/mol. The number of hydrazine groups is 1. The number of aromatic nitrogens is 2. The molecular formula is C7H12N4. The number of anilines is 1. The zero-order chi connectivity index (χ0) is 8.43. The zero-order valence-electron chi connectivity index (χ0n) is 7.00. The first-order chi connectivity index (χ1) is 5.13. The van der Waals surface area contributed by atoms with E-state index in [2.05, 4.69) is 9.97 Å². The summed E-state index contributed by atoms with van der Waals surface area (Å²) in [5.41, 5.74) is 1.99. The minimum absolute atomic E-state index is 0.775. The molecule has 0 aromatic carbocycles. The van der Waals surface area contributed by atoms with Gasteiger partial charge in [0.1, 0.15) is 12.1 Å². The fraction of sp³-hybridized carbons (Fsp3) is 0.429. The Morgan fingerprint density at radius 1 is 1.36 bits per heavy atom. The first-order valence-electron chi connectivity index (χ1n) is 3.39. The number of hydrogen-bond acceptors (Lipinski definition) is 4. The van der Waals surface area contributed by atoms with Gasteiger partial charge in [-0.15, -0.1) is 0 Å². The molecule has 0 bridgehead atoms. The van der Waals surface area contributed by atoms with Gasteiger partial charge in [-0.2, -0.15) is 0 Å². The van der Waals surface area contributed by atoms with E-state index in [9.17, 15) is 0 Å². The van der Waals surface area contributed by atoms with Crippen LogP contribution < -0.4 is 10.9 Å². The van der Waals surface area contributed by atoms with E-state index in [1.807, 2.05) is 13.8 Å². The Kier molecular flexibility index (Phi) is 2.05. The maximum absolute atomic E-state index is 5.53. The molecule has 0 saturated carbocycles. The molecule has 0 fully saturated rings. The van der Waals surface area contributed by atoms with Gasteiger partial charge in [-0.25, -0.2) is 15.8 Å². The van der Waals surface area contributed by atoms with Gasteiger partial charge in [0.15, 0.2) is 0 Å². The highest BCUT2D eigenvalue weighted by Crippen LogP contribution is 2.13. The number of nitrogens with two attached hydrogens (primary N) is 1. The first kappa shape index (κ1) is 7.94. The van der Waals surface area contributed by atoms with Gasteiger partial charge in [0.2, 0.25) is 0 Å². The highest BCUT2D eigenvalue weighted by atomic mass is 15.4. The summed E-state index contributed by atoms with van der Waals surface area (Å²) < 4.78 is 0. The highest BCUT2D eigenvalue weighted by Gasteiger charge is 2.03. The molecule has 0 radical (unpaired) electrons. The van der Waals surface area contributed by atoms with Crippen molar-refractivity contribution in [2.45, 2.75) is 13.8 Å². The molecule has 0 aliphatic carbocycles. The van der Waals surface area contributed by atoms with Gasteiger partial charge in [0.25, 0.3) is 0 Å². The minimum Gasteiger partial charge on any atom is -0.298 e. The molecule has 4 nitrogen and oxygen atoms in total. The molecule has 0 aliphatic rings. The van der Waals surface area contributed by atoms with Crippen LogP contribution >= 0.6 is 0 Å². The van der Waals surface area contributed by atoms with Crippen LogP contribution in [0.3, 0.4) is 0 Å². The predicted molar refractivity (Wildman–Crippen MR) is 44.1 cm³/mol. The molecule has 1 heterocycles. The third-order valence-electron chi connectivity index (χ3n) is 1.64. The van der Waals surface area contributed by atoms with Gasteiger partial charge in [0.05, 0.1) is 0 Å². The van der Waals surface area contributed by atoms with E-state index >= 15 is 0 Å². The summed E-state index contributed by atoms with van der Waals surface area (Å²) in [5.74, 6) is 6.30. The Morgan fingerprint density at radius 2 is 2.00 bits per heavy atom. The lowest BCUT2D eigenvalue weighted by Gasteiger charge is -2.13. The number of aryl methyl sites for hydroxylation is 1. The van der Waals surface area contributed by atoms with Gasteiger partial charge in [-0.3, -0.25) is 5.01 Å². The van der Waals surface area contributed by atoms with E-state index in [4.69, 9.17) is 5.84 Å². The molecule has 2 N–H and O–H groups in total. The minimum atomic E-state index is 0.775. The van der Waals surface area contributed by atoms with Crippen LogP contribution in [0, 0.1) is 13.8 Å². The second-order valence-electron chi connectivity index (χ2n) is 2.52. The van der Waals surface area contributed by atoms with E-state index < -0.39 is 0 Å². The van der Waals surface area contributed by atoms with Crippen molar-refractivity contribution in [1.29, 1.82) is 0 Å². The van der Waals surface area contributed by atoms with E-state index in [0.717, 1.165) is 17.1 Å². The summed E-state index contributed by atoms with van der Waals surface area (Å²) >= 11 is 0. The lowest BCUT2D eigenvalue weighted by Crippen LogP contribution is -2.27. The molecule has 1 aromatic heterocycles. The van der Waals surface area contributed by atoms with E-state index in [1.165, 1.54) is 11.3 Å². The molecular weight excluding hydrogens is 140 g/mol. The molecule has 1 aromatic rings. The summed E-state index contributed by atoms with van der Waals surface area (Å²) in [7, 11) is 1.76. The fourth-order valence-electron chi connectivity index (χ4n) is 0.881. The predicted octanol–water partition coefficient (Wildman–Crippen LogP) is 0.403. The highest BCUT2D eigenvalue weighted by molar-refractivity contribution is 5.44. The Bertz CT molecular complexity index is 257. The summed E-state index contributed by atoms with van der Waals surface area (Å²) in [6.45, 7) is 3.89. The number of nitrogens with zero attached hydrogens (tertiary/aromatic N) is 3. The van der Waals surface area contributed by atoms with Crippen LogP contribution in [0.25, 0.3) is 0 Å². The maximum atomic E-state index is 5.53. The van der Waals surface area contributed by atoms with Gasteiger partial charge < -0.3 is 0 Å². The van der Waals surface area contributed by atoms with Crippen molar-refractivity contribution in [2.24, 2.45) is 5.84 Å². The molecule has 0 amide bonds. The van der Waals surface area contributed by atoms with Crippen molar-refractivity contribution >= 4 is 5.82 Å². The van der Waals surface area contributed by atoms with Crippen molar-refractivity contribution in [2.75, 3.05) is 12.1 Å². The average molecular weight is 152 g/mol. The Morgan fingerprint density at radius 3 is 2.45 bits per heavy atom. The van der Waals surface area contributed by atoms with Crippen LogP contribution in [0.2, 0.25) is 0 Å². The Labute approximate surface area is 66.0 Å². The van der Waals surface area contributed by atoms with Crippen LogP contribution in [0.4, 0.5) is 5.82 Å². The van der Waals surface area contributed by atoms with Crippen molar-refractivity contribution in [1.82, 2.24) is 9.97 Å². The maximum Gasteiger partial charge on any atom is 0.148 e. The van der Waals surface area contributed by atoms with Gasteiger partial charge in [-0.05, 0) is 13.8 Å². The molecule has 0 atom stereocenters. The van der Waals surface area contributed by atoms with Crippen LogP contribution in [0.5, 0.6) is 0 Å². The van der Waals surface area contributed by atoms with Crippen LogP contribution in [0.15, 0.2) is 6.33 Å². The Hall–Kier alpha value is -1.16. The fourth-order valence-corrected chi connectivity index (χ4v) is 0.881. The van der Waals surface area contributed by atoms with Crippen LogP contribution in [0.1, 0.15) is 11.3 Å². The van der Waals surface area contributed by atoms with Crippen molar-refractivity contribution in [3.8, 4) is 0 Å². The van der Waals surface area contributed by atoms with Crippen LogP contribution in [-0.2, 0) is 0 Å². The molecule has 0 spiro atoms. The molecule has 0 saturated heterocycles. The van der Waals surface area contributed by atoms with Gasteiger partial charge >= 0.3 is 0 Å². The molecule has 4 heteroatoms. The summed E-state index contributed by atoms with van der Waals surface area (Å²) in [4.78, 5) is 8.06. The van der Waals surface area contributed by atoms with Crippen molar-refractivity contribution in [3.05, 3.63) is 17.6 Å². The second kappa shape index (κ2) is 2.84. The lowest BCUT2D eigenvalue weighted by atomic mass is 10.2. The summed E-state index contributed by atoms with van der Waals surface area (Å²) in [6, 6.07) is 0. The van der Waals surface area contributed by atoms with Gasteiger partial charge in [-0.1, -0.05) is 0 Å². The van der Waals surface area contributed by atoms with E-state index in [1.54, 1.807) is 7.05 Å². The molecule has 0 aliphatic heterocycles. The van der Waals surface area contributed by atoms with Crippen molar-refractivity contribution < 1.29 is 0 Å². The largest absolute Gasteiger partial charge is 0.298 e.